The van der Waals surface area contributed by atoms with Crippen LogP contribution in [-0.4, -0.2) is 22.0 Å². The van der Waals surface area contributed by atoms with Gasteiger partial charge in [0, 0.05) is 17.9 Å². The maximum Gasteiger partial charge on any atom is 0.271 e. The van der Waals surface area contributed by atoms with Crippen LogP contribution < -0.4 is 10.6 Å². The first-order valence-corrected chi connectivity index (χ1v) is 7.93. The summed E-state index contributed by atoms with van der Waals surface area (Å²) in [6.07, 6.45) is 2.60. The van der Waals surface area contributed by atoms with Crippen molar-refractivity contribution in [3.05, 3.63) is 34.8 Å². The average Bonchev–Trinajstić information content (AvgIpc) is 2.94. The number of hydrogen-bond acceptors (Lipinski definition) is 5. The Kier molecular flexibility index (Phi) is 5.27. The van der Waals surface area contributed by atoms with E-state index in [4.69, 9.17) is 5.73 Å². The molecule has 0 aliphatic heterocycles. The molecule has 0 spiro atoms. The lowest BCUT2D eigenvalue weighted by Gasteiger charge is -2.22. The summed E-state index contributed by atoms with van der Waals surface area (Å²) in [7, 11) is 0. The van der Waals surface area contributed by atoms with Crippen molar-refractivity contribution in [2.24, 2.45) is 0 Å². The Morgan fingerprint density at radius 1 is 1.24 bits per heavy atom. The minimum absolute atomic E-state index is 0.0277. The van der Waals surface area contributed by atoms with Crippen molar-refractivity contribution in [1.82, 2.24) is 9.59 Å². The smallest absolute Gasteiger partial charge is 0.271 e. The molecule has 0 radical (unpaired) electrons. The standard InChI is InChI=1S/C15H20N4OS/c1-3-5-13-14(21-18-17-13)15(20)19(10-4-2)12-8-6-11(16)7-9-12/h6-9H,3-5,10,16H2,1-2H3. The second-order valence-corrected chi connectivity index (χ2v) is 5.60. The first-order chi connectivity index (χ1) is 10.2. The summed E-state index contributed by atoms with van der Waals surface area (Å²) in [5, 5.41) is 4.08. The number of nitrogens with zero attached hydrogens (tertiary/aromatic N) is 3. The van der Waals surface area contributed by atoms with Gasteiger partial charge in [-0.3, -0.25) is 4.79 Å². The minimum Gasteiger partial charge on any atom is -0.399 e. The lowest BCUT2D eigenvalue weighted by atomic mass is 10.2. The van der Waals surface area contributed by atoms with Crippen LogP contribution in [0.4, 0.5) is 11.4 Å². The lowest BCUT2D eigenvalue weighted by molar-refractivity contribution is 0.0989. The van der Waals surface area contributed by atoms with Gasteiger partial charge in [-0.2, -0.15) is 0 Å². The zero-order valence-electron chi connectivity index (χ0n) is 12.4. The van der Waals surface area contributed by atoms with Crippen molar-refractivity contribution in [3.63, 3.8) is 0 Å². The molecule has 2 N–H and O–H groups in total. The van der Waals surface area contributed by atoms with Gasteiger partial charge in [-0.05, 0) is 48.6 Å². The summed E-state index contributed by atoms with van der Waals surface area (Å²) in [5.74, 6) is -0.0277. The molecule has 1 amide bonds. The van der Waals surface area contributed by atoms with Gasteiger partial charge in [-0.1, -0.05) is 24.8 Å². The van der Waals surface area contributed by atoms with Gasteiger partial charge in [-0.15, -0.1) is 5.10 Å². The molecule has 0 atom stereocenters. The fourth-order valence-corrected chi connectivity index (χ4v) is 2.78. The van der Waals surface area contributed by atoms with Crippen molar-refractivity contribution in [2.75, 3.05) is 17.2 Å². The predicted octanol–water partition coefficient (Wildman–Crippen LogP) is 3.13. The van der Waals surface area contributed by atoms with E-state index in [0.29, 0.717) is 17.1 Å². The zero-order chi connectivity index (χ0) is 15.2. The highest BCUT2D eigenvalue weighted by molar-refractivity contribution is 7.08. The van der Waals surface area contributed by atoms with E-state index in [1.165, 1.54) is 11.5 Å². The summed E-state index contributed by atoms with van der Waals surface area (Å²) in [4.78, 5) is 15.2. The van der Waals surface area contributed by atoms with Crippen LogP contribution in [0, 0.1) is 0 Å². The SMILES string of the molecule is CCCc1nnsc1C(=O)N(CCC)c1ccc(N)cc1. The van der Waals surface area contributed by atoms with Crippen molar-refractivity contribution in [3.8, 4) is 0 Å². The van der Waals surface area contributed by atoms with Crippen molar-refractivity contribution >= 4 is 28.8 Å². The van der Waals surface area contributed by atoms with Crippen LogP contribution in [0.2, 0.25) is 0 Å². The molecule has 21 heavy (non-hydrogen) atoms. The Bertz CT molecular complexity index is 594. The molecule has 1 aromatic heterocycles. The normalized spacial score (nSPS) is 10.6. The molecular formula is C15H20N4OS. The van der Waals surface area contributed by atoms with Gasteiger partial charge in [0.15, 0.2) is 0 Å². The lowest BCUT2D eigenvalue weighted by Crippen LogP contribution is -2.31. The largest absolute Gasteiger partial charge is 0.399 e. The summed E-state index contributed by atoms with van der Waals surface area (Å²) >= 11 is 1.17. The minimum atomic E-state index is -0.0277. The van der Waals surface area contributed by atoms with Crippen molar-refractivity contribution < 1.29 is 4.79 Å². The first kappa shape index (κ1) is 15.4. The van der Waals surface area contributed by atoms with Gasteiger partial charge >= 0.3 is 0 Å². The Morgan fingerprint density at radius 2 is 1.95 bits per heavy atom. The number of aromatic nitrogens is 2. The summed E-state index contributed by atoms with van der Waals surface area (Å²) in [5.41, 5.74) is 8.05. The number of hydrogen-bond donors (Lipinski definition) is 1. The predicted molar refractivity (Wildman–Crippen MR) is 86.7 cm³/mol. The monoisotopic (exact) mass is 304 g/mol. The van der Waals surface area contributed by atoms with Crippen LogP contribution >= 0.6 is 11.5 Å². The summed E-state index contributed by atoms with van der Waals surface area (Å²) in [6.45, 7) is 4.78. The number of nitrogens with two attached hydrogens (primary N) is 1. The second-order valence-electron chi connectivity index (χ2n) is 4.85. The molecule has 5 nitrogen and oxygen atoms in total. The molecule has 6 heteroatoms. The molecular weight excluding hydrogens is 284 g/mol. The van der Waals surface area contributed by atoms with Crippen LogP contribution in [0.15, 0.2) is 24.3 Å². The molecule has 0 fully saturated rings. The van der Waals surface area contributed by atoms with Gasteiger partial charge in [0.25, 0.3) is 5.91 Å². The Hall–Kier alpha value is -1.95. The number of nitrogen functional groups attached to an aromatic ring is 1. The fraction of sp³-hybridized carbons (Fsp3) is 0.400. The Labute approximate surface area is 128 Å². The molecule has 0 unspecified atom stereocenters. The maximum atomic E-state index is 12.8. The third-order valence-corrected chi connectivity index (χ3v) is 3.89. The quantitative estimate of drug-likeness (QED) is 0.832. The Balaban J connectivity index is 2.30. The van der Waals surface area contributed by atoms with Crippen LogP contribution in [0.3, 0.4) is 0 Å². The number of benzene rings is 1. The molecule has 2 rings (SSSR count). The zero-order valence-corrected chi connectivity index (χ0v) is 13.2. The number of aryl methyl sites for hydroxylation is 1. The van der Waals surface area contributed by atoms with Crippen LogP contribution in [0.5, 0.6) is 0 Å². The third-order valence-electron chi connectivity index (χ3n) is 3.13. The van der Waals surface area contributed by atoms with Gasteiger partial charge in [0.05, 0.1) is 5.69 Å². The topological polar surface area (TPSA) is 72.1 Å². The number of amides is 1. The molecule has 1 heterocycles. The van der Waals surface area contributed by atoms with E-state index < -0.39 is 0 Å². The fourth-order valence-electron chi connectivity index (χ4n) is 2.12. The molecule has 0 bridgehead atoms. The van der Waals surface area contributed by atoms with Crippen LogP contribution in [-0.2, 0) is 6.42 Å². The van der Waals surface area contributed by atoms with E-state index in [2.05, 4.69) is 23.4 Å². The number of anilines is 2. The first-order valence-electron chi connectivity index (χ1n) is 7.16. The highest BCUT2D eigenvalue weighted by Crippen LogP contribution is 2.22. The summed E-state index contributed by atoms with van der Waals surface area (Å²) in [6, 6.07) is 7.36. The van der Waals surface area contributed by atoms with Gasteiger partial charge in [-0.25, -0.2) is 0 Å². The molecule has 0 aliphatic carbocycles. The van der Waals surface area contributed by atoms with Gasteiger partial charge in [0.1, 0.15) is 4.88 Å². The summed E-state index contributed by atoms with van der Waals surface area (Å²) < 4.78 is 3.94. The number of carbonyl (C=O) groups excluding carboxylic acids is 1. The molecule has 2 aromatic rings. The van der Waals surface area contributed by atoms with E-state index in [1.807, 2.05) is 24.3 Å². The van der Waals surface area contributed by atoms with Gasteiger partial charge in [0.2, 0.25) is 0 Å². The number of carbonyl (C=O) groups is 1. The average molecular weight is 304 g/mol. The van der Waals surface area contributed by atoms with E-state index >= 15 is 0 Å². The highest BCUT2D eigenvalue weighted by Gasteiger charge is 2.22. The van der Waals surface area contributed by atoms with E-state index in [9.17, 15) is 4.79 Å². The second kappa shape index (κ2) is 7.17. The van der Waals surface area contributed by atoms with E-state index in [0.717, 1.165) is 30.6 Å². The number of rotatable bonds is 6. The van der Waals surface area contributed by atoms with Gasteiger partial charge < -0.3 is 10.6 Å². The molecule has 0 saturated carbocycles. The molecule has 1 aromatic carbocycles. The maximum absolute atomic E-state index is 12.8. The van der Waals surface area contributed by atoms with E-state index in [1.54, 1.807) is 4.90 Å². The van der Waals surface area contributed by atoms with Crippen LogP contribution in [0.1, 0.15) is 42.1 Å². The highest BCUT2D eigenvalue weighted by atomic mass is 32.1. The molecule has 0 saturated heterocycles. The van der Waals surface area contributed by atoms with Crippen molar-refractivity contribution in [2.45, 2.75) is 33.1 Å². The van der Waals surface area contributed by atoms with Crippen LogP contribution in [0.25, 0.3) is 0 Å². The molecule has 112 valence electrons. The van der Waals surface area contributed by atoms with E-state index in [-0.39, 0.29) is 5.91 Å². The molecule has 0 aliphatic rings. The Morgan fingerprint density at radius 3 is 2.57 bits per heavy atom. The third kappa shape index (κ3) is 3.58. The van der Waals surface area contributed by atoms with Crippen molar-refractivity contribution in [1.29, 1.82) is 0 Å².